The monoisotopic (exact) mass is 1840 g/mol. The average Bonchev–Trinajstić information content (AvgIpc) is 1.20. The molecule has 4 fully saturated rings. The number of hydrogen-bond donors (Lipinski definition) is 18. The molecule has 42 heteroatoms. The number of Topliss-reactive ketones (excluding diaryl/α,β-unsaturated/α-hetero) is 1. The molecule has 22 N–H and O–H groups in total. The van der Waals surface area contributed by atoms with Crippen LogP contribution in [-0.4, -0.2) is 306 Å². The van der Waals surface area contributed by atoms with E-state index >= 15 is 38.4 Å². The van der Waals surface area contributed by atoms with Crippen molar-refractivity contribution in [3.05, 3.63) is 102 Å². The SMILES string of the molecule is CCCC[C@H]1C(=O)N(C)[C@@H](CCCC)C(=O)N[C@@H](CCCN)C(=O)N[C@H](C(=O)NCC(N)=O)CSCC(=O)N[C@@H](Cc2ccc(O)cc2)C(=O)N2CCC[C@H]2C(=O)N[C@@H](CC(=O)O)C(=O)N2CCC[C@H]2C(=O)N[C@@H](CN)C(=O)N[C@@H](CCC(=O)O)C(=O)N2CCC[C@H]2C(=O)N[C@@H](Cc2c[nH]c3ccccc23)C(=O)C[C@@H](CCN)C(=O)N[C@@H](Cc2c[nH]c3ccccc23)C(=O)N1C. The molecule has 0 radical (unpaired) electrons. The molecular weight excluding hydrogens is 1720 g/mol. The number of unbranched alkanes of at least 4 members (excludes halogenated alkanes) is 2. The number of thioether (sulfide) groups is 1. The molecule has 131 heavy (non-hydrogen) atoms. The number of carboxylic acids is 2. The summed E-state index contributed by atoms with van der Waals surface area (Å²) in [6.45, 7) is 1.84. The third kappa shape index (κ3) is 28.0. The first-order valence-electron chi connectivity index (χ1n) is 44.6. The normalized spacial score (nSPS) is 25.0. The highest BCUT2D eigenvalue weighted by atomic mass is 32.2. The number of nitrogens with zero attached hydrogens (tertiary/aromatic N) is 5. The first kappa shape index (κ1) is 102. The van der Waals surface area contributed by atoms with Crippen LogP contribution in [-0.2, 0) is 106 Å². The summed E-state index contributed by atoms with van der Waals surface area (Å²) >= 11 is 0.787. The number of hydrogen-bond acceptors (Lipinski definition) is 23. The number of fused-ring (bicyclic) bond motifs is 5. The fourth-order valence-corrected chi connectivity index (χ4v) is 18.0. The molecule has 5 aromatic rings. The van der Waals surface area contributed by atoms with Gasteiger partial charge in [-0.2, -0.15) is 0 Å². The van der Waals surface area contributed by atoms with Gasteiger partial charge < -0.3 is 121 Å². The maximum absolute atomic E-state index is 15.8. The van der Waals surface area contributed by atoms with E-state index in [1.807, 2.05) is 26.0 Å². The highest BCUT2D eigenvalue weighted by molar-refractivity contribution is 8.00. The van der Waals surface area contributed by atoms with Gasteiger partial charge in [-0.15, -0.1) is 11.8 Å². The van der Waals surface area contributed by atoms with Crippen molar-refractivity contribution in [1.82, 2.24) is 82.3 Å². The fraction of sp³-hybridized carbons (Fsp3) is 0.551. The second-order valence-corrected chi connectivity index (χ2v) is 34.7. The van der Waals surface area contributed by atoms with E-state index < -0.39 is 241 Å². The van der Waals surface area contributed by atoms with Crippen LogP contribution < -0.4 is 70.8 Å². The summed E-state index contributed by atoms with van der Waals surface area (Å²) in [6.07, 6.45) is 1.95. The number of H-pyrrole nitrogens is 2. The minimum Gasteiger partial charge on any atom is -0.508 e. The summed E-state index contributed by atoms with van der Waals surface area (Å²) in [7, 11) is 2.78. The van der Waals surface area contributed by atoms with E-state index in [0.717, 1.165) is 26.5 Å². The summed E-state index contributed by atoms with van der Waals surface area (Å²) in [4.78, 5) is 273. The van der Waals surface area contributed by atoms with Gasteiger partial charge in [-0.1, -0.05) is 88.1 Å². The Morgan fingerprint density at radius 2 is 0.969 bits per heavy atom. The molecule has 0 unspecified atom stereocenters. The second-order valence-electron chi connectivity index (χ2n) is 33.7. The number of rotatable bonds is 26. The summed E-state index contributed by atoms with van der Waals surface area (Å²) in [5.41, 5.74) is 26.8. The molecule has 712 valence electrons. The van der Waals surface area contributed by atoms with Gasteiger partial charge in [0.15, 0.2) is 5.78 Å². The molecule has 14 atom stereocenters. The van der Waals surface area contributed by atoms with Crippen LogP contribution in [0.15, 0.2) is 85.2 Å². The van der Waals surface area contributed by atoms with Crippen LogP contribution in [0.5, 0.6) is 5.75 Å². The molecule has 0 aliphatic carbocycles. The van der Waals surface area contributed by atoms with Crippen LogP contribution in [0.2, 0.25) is 0 Å². The number of nitrogens with one attached hydrogen (secondary N) is 11. The highest BCUT2D eigenvalue weighted by Gasteiger charge is 2.47. The Morgan fingerprint density at radius 1 is 0.481 bits per heavy atom. The molecule has 3 aromatic carbocycles. The number of primary amides is 1. The largest absolute Gasteiger partial charge is 0.508 e. The molecule has 15 amide bonds. The van der Waals surface area contributed by atoms with Crippen LogP contribution in [0.3, 0.4) is 0 Å². The Balaban J connectivity index is 1.08. The van der Waals surface area contributed by atoms with E-state index in [-0.39, 0.29) is 128 Å². The van der Waals surface area contributed by atoms with Gasteiger partial charge >= 0.3 is 11.9 Å². The van der Waals surface area contributed by atoms with Crippen molar-refractivity contribution in [2.24, 2.45) is 28.9 Å². The fourth-order valence-electron chi connectivity index (χ4n) is 17.2. The summed E-state index contributed by atoms with van der Waals surface area (Å²) in [5.74, 6) is -19.5. The van der Waals surface area contributed by atoms with Crippen LogP contribution in [0.25, 0.3) is 21.8 Å². The maximum Gasteiger partial charge on any atom is 0.305 e. The number of benzene rings is 3. The predicted molar refractivity (Wildman–Crippen MR) is 480 cm³/mol. The van der Waals surface area contributed by atoms with E-state index in [0.29, 0.717) is 64.2 Å². The Kier molecular flexibility index (Phi) is 38.6. The lowest BCUT2D eigenvalue weighted by Crippen LogP contribution is -2.61. The quantitative estimate of drug-likeness (QED) is 0.0302. The number of aromatic nitrogens is 2. The number of aromatic hydroxyl groups is 1. The zero-order valence-electron chi connectivity index (χ0n) is 74.2. The van der Waals surface area contributed by atoms with Gasteiger partial charge in [-0.05, 0) is 131 Å². The molecule has 0 spiro atoms. The molecule has 0 saturated carbocycles. The molecule has 4 aliphatic rings. The molecule has 0 bridgehead atoms. The van der Waals surface area contributed by atoms with E-state index in [2.05, 4.69) is 57.8 Å². The van der Waals surface area contributed by atoms with Crippen molar-refractivity contribution >= 4 is 140 Å². The number of para-hydroxylation sites is 2. The van der Waals surface area contributed by atoms with E-state index in [1.54, 1.807) is 48.8 Å². The predicted octanol–water partition coefficient (Wildman–Crippen LogP) is -1.42. The maximum atomic E-state index is 15.8. The number of ketones is 1. The molecule has 6 heterocycles. The van der Waals surface area contributed by atoms with Crippen LogP contribution in [0.1, 0.15) is 153 Å². The molecule has 9 rings (SSSR count). The smallest absolute Gasteiger partial charge is 0.305 e. The number of carboxylic acid groups (broad SMARTS) is 2. The van der Waals surface area contributed by atoms with Gasteiger partial charge in [0.2, 0.25) is 88.6 Å². The van der Waals surface area contributed by atoms with Gasteiger partial charge in [0.05, 0.1) is 24.8 Å². The summed E-state index contributed by atoms with van der Waals surface area (Å²) in [5, 5.41) is 55.5. The van der Waals surface area contributed by atoms with Crippen LogP contribution in [0.4, 0.5) is 0 Å². The number of amides is 15. The first-order valence-corrected chi connectivity index (χ1v) is 45.8. The van der Waals surface area contributed by atoms with Crippen molar-refractivity contribution < 1.29 is 102 Å². The summed E-state index contributed by atoms with van der Waals surface area (Å²) in [6, 6.07) is 0.381. The zero-order chi connectivity index (χ0) is 95.3. The Bertz CT molecular complexity index is 4930. The summed E-state index contributed by atoms with van der Waals surface area (Å²) < 4.78 is 0. The molecular formula is C89H124N20O21S. The topological polar surface area (TPSA) is 628 Å². The van der Waals surface area contributed by atoms with Crippen molar-refractivity contribution in [3.8, 4) is 5.75 Å². The van der Waals surface area contributed by atoms with Gasteiger partial charge in [-0.25, -0.2) is 0 Å². The van der Waals surface area contributed by atoms with Gasteiger partial charge in [0.25, 0.3) is 0 Å². The van der Waals surface area contributed by atoms with E-state index in [9.17, 15) is 63.3 Å². The lowest BCUT2D eigenvalue weighted by atomic mass is 9.91. The van der Waals surface area contributed by atoms with Crippen molar-refractivity contribution in [2.75, 3.05) is 71.4 Å². The van der Waals surface area contributed by atoms with Gasteiger partial charge in [0.1, 0.15) is 78.3 Å². The minimum atomic E-state index is -1.88. The van der Waals surface area contributed by atoms with Crippen molar-refractivity contribution in [1.29, 1.82) is 0 Å². The lowest BCUT2D eigenvalue weighted by molar-refractivity contribution is -0.149. The van der Waals surface area contributed by atoms with Crippen LogP contribution in [0, 0.1) is 5.92 Å². The average molecular weight is 1840 g/mol. The number of phenolic OH excluding ortho intramolecular Hbond substituents is 1. The molecule has 4 saturated heterocycles. The number of likely N-dealkylation sites (N-methyl/N-ethyl adjacent to an activating group) is 2. The molecule has 4 aliphatic heterocycles. The minimum absolute atomic E-state index is 0.000307. The molecule has 2 aromatic heterocycles. The van der Waals surface area contributed by atoms with Gasteiger partial charge in [-0.3, -0.25) is 86.3 Å². The third-order valence-corrected chi connectivity index (χ3v) is 25.3. The highest BCUT2D eigenvalue weighted by Crippen LogP contribution is 2.29. The number of nitrogens with two attached hydrogens (primary N) is 4. The number of aliphatic carboxylic acids is 2. The first-order chi connectivity index (χ1) is 62.7. The number of carbonyl (C=O) groups is 18. The number of carbonyl (C=O) groups excluding carboxylic acids is 16. The lowest BCUT2D eigenvalue weighted by Gasteiger charge is -2.36. The Morgan fingerprint density at radius 3 is 1.50 bits per heavy atom. The van der Waals surface area contributed by atoms with Crippen molar-refractivity contribution in [2.45, 2.75) is 234 Å². The second kappa shape index (κ2) is 49.4. The van der Waals surface area contributed by atoms with E-state index in [4.69, 9.17) is 22.9 Å². The number of phenols is 1. The van der Waals surface area contributed by atoms with Crippen molar-refractivity contribution in [3.63, 3.8) is 0 Å². The van der Waals surface area contributed by atoms with E-state index in [1.165, 1.54) is 48.2 Å². The molecule has 41 nitrogen and oxygen atoms in total. The zero-order valence-corrected chi connectivity index (χ0v) is 75.0. The number of aromatic amines is 2. The van der Waals surface area contributed by atoms with Gasteiger partial charge in [0, 0.05) is 118 Å². The van der Waals surface area contributed by atoms with Crippen LogP contribution >= 0.6 is 11.8 Å². The third-order valence-electron chi connectivity index (χ3n) is 24.3. The Hall–Kier alpha value is -12.6. The standard InChI is InChI=1S/C89H124N20O21S/c1-5-7-22-67-81(122)98-59(21-13-34-90)79(120)104-66(78(119)96-47-73(93)112)48-131-49-74(113)97-62(39-50-27-29-54(110)30-28-50)87(128)108-37-15-25-69(108)83(124)102-64(43-76(116)117)88(129)109-38-16-26-70(109)84(125)103-65(44-92)80(121)99-60(31-32-75(114)115)86(127)107-36-14-24-68(107)82(123)100-61(40-52-45-94-57-19-11-9-17-55(52)57)72(111)42-51(33-35-91)77(118)101-63(41-53-46-95-58-20-12-10-18-56(53)58)85(126)106(4)71(23-8-6-2)89(130)105(67)3/h9-12,17-20,27-30,45-46,51,59-71,94-95,110H,5-8,13-16,21-26,31-44,47-49,90-92H2,1-4H3,(H2,93,112)(H,96,119)(H,97,113)(H,98,122)(H,99,121)(H,100,123)(H,101,118)(H,102,124)(H,103,125)(H,104,120)(H,114,115)(H,116,117)/t51-,59+,60+,61+,62+,63+,64+,65+,66+,67+,68+,69+,70+,71+/m1/s1. The Labute approximate surface area is 761 Å².